The Bertz CT molecular complexity index is 920. The van der Waals surface area contributed by atoms with Crippen LogP contribution in [0, 0.1) is 5.82 Å². The van der Waals surface area contributed by atoms with Crippen LogP contribution in [0.3, 0.4) is 0 Å². The number of methoxy groups -OCH3 is 1. The summed E-state index contributed by atoms with van der Waals surface area (Å²) >= 11 is 0. The Morgan fingerprint density at radius 3 is 2.76 bits per heavy atom. The molecule has 1 amide bonds. The van der Waals surface area contributed by atoms with Gasteiger partial charge in [0.15, 0.2) is 0 Å². The molecule has 0 fully saturated rings. The third-order valence-corrected chi connectivity index (χ3v) is 3.98. The van der Waals surface area contributed by atoms with Gasteiger partial charge in [-0.3, -0.25) is 4.79 Å². The highest BCUT2D eigenvalue weighted by Crippen LogP contribution is 2.19. The number of aromatic nitrogens is 1. The summed E-state index contributed by atoms with van der Waals surface area (Å²) in [6.07, 6.45) is 2.06. The molecular formula is C19H17FN2O3. The molecule has 5 nitrogen and oxygen atoms in total. The van der Waals surface area contributed by atoms with Crippen molar-refractivity contribution >= 4 is 22.8 Å². The minimum Gasteiger partial charge on any atom is -0.467 e. The number of nitrogens with one attached hydrogen (secondary N) is 2. The Balaban J connectivity index is 1.83. The molecule has 0 aliphatic rings. The molecule has 0 bridgehead atoms. The summed E-state index contributed by atoms with van der Waals surface area (Å²) in [5, 5.41) is 3.59. The lowest BCUT2D eigenvalue weighted by atomic mass is 10.0. The van der Waals surface area contributed by atoms with Gasteiger partial charge in [-0.05, 0) is 29.8 Å². The first-order valence-electron chi connectivity index (χ1n) is 7.77. The molecule has 0 radical (unpaired) electrons. The Labute approximate surface area is 143 Å². The second-order valence-corrected chi connectivity index (χ2v) is 5.62. The first-order valence-corrected chi connectivity index (χ1v) is 7.77. The van der Waals surface area contributed by atoms with Gasteiger partial charge in [-0.15, -0.1) is 0 Å². The van der Waals surface area contributed by atoms with Crippen molar-refractivity contribution in [2.75, 3.05) is 7.11 Å². The lowest BCUT2D eigenvalue weighted by Crippen LogP contribution is -2.43. The first-order chi connectivity index (χ1) is 12.1. The van der Waals surface area contributed by atoms with E-state index in [1.54, 1.807) is 6.20 Å². The van der Waals surface area contributed by atoms with E-state index in [0.29, 0.717) is 0 Å². The second-order valence-electron chi connectivity index (χ2n) is 5.62. The topological polar surface area (TPSA) is 71.2 Å². The van der Waals surface area contributed by atoms with Gasteiger partial charge in [-0.1, -0.05) is 24.3 Å². The average Bonchev–Trinajstić information content (AvgIpc) is 3.03. The minimum absolute atomic E-state index is 0.146. The number of esters is 1. The van der Waals surface area contributed by atoms with Gasteiger partial charge in [0.2, 0.25) is 0 Å². The number of halogens is 1. The molecule has 3 rings (SSSR count). The van der Waals surface area contributed by atoms with Crippen molar-refractivity contribution in [1.82, 2.24) is 10.3 Å². The third kappa shape index (κ3) is 3.68. The van der Waals surface area contributed by atoms with Crippen molar-refractivity contribution in [3.05, 3.63) is 71.7 Å². The monoisotopic (exact) mass is 340 g/mol. The van der Waals surface area contributed by atoms with Crippen LogP contribution in [0.1, 0.15) is 15.9 Å². The van der Waals surface area contributed by atoms with Crippen LogP contribution in [-0.2, 0) is 16.0 Å². The van der Waals surface area contributed by atoms with Crippen LogP contribution in [0.15, 0.2) is 54.7 Å². The zero-order valence-corrected chi connectivity index (χ0v) is 13.6. The zero-order valence-electron chi connectivity index (χ0n) is 13.6. The van der Waals surface area contributed by atoms with Crippen molar-refractivity contribution in [3.63, 3.8) is 0 Å². The van der Waals surface area contributed by atoms with Crippen LogP contribution in [0.25, 0.3) is 10.9 Å². The van der Waals surface area contributed by atoms with Crippen LogP contribution in [0.5, 0.6) is 0 Å². The molecule has 3 aromatic rings. The van der Waals surface area contributed by atoms with Crippen LogP contribution >= 0.6 is 0 Å². The highest BCUT2D eigenvalue weighted by Gasteiger charge is 2.24. The Morgan fingerprint density at radius 2 is 2.00 bits per heavy atom. The van der Waals surface area contributed by atoms with Gasteiger partial charge in [0.25, 0.3) is 5.91 Å². The number of H-pyrrole nitrogens is 1. The van der Waals surface area contributed by atoms with Crippen molar-refractivity contribution in [2.45, 2.75) is 12.5 Å². The standard InChI is InChI=1S/C19H17FN2O3/c1-25-19(24)17(22-18(23)12-5-4-6-14(20)9-12)10-13-11-21-16-8-3-2-7-15(13)16/h2-9,11,17,21H,10H2,1H3,(H,22,23). The fraction of sp³-hybridized carbons (Fsp3) is 0.158. The Kier molecular flexibility index (Phi) is 4.79. The number of amides is 1. The van der Waals surface area contributed by atoms with Gasteiger partial charge in [0.05, 0.1) is 7.11 Å². The molecule has 25 heavy (non-hydrogen) atoms. The molecule has 128 valence electrons. The quantitative estimate of drug-likeness (QED) is 0.702. The molecule has 0 aliphatic heterocycles. The fourth-order valence-corrected chi connectivity index (χ4v) is 2.73. The zero-order chi connectivity index (χ0) is 17.8. The number of carbonyl (C=O) groups is 2. The SMILES string of the molecule is COC(=O)C(Cc1c[nH]c2ccccc12)NC(=O)c1cccc(F)c1. The highest BCUT2D eigenvalue weighted by molar-refractivity contribution is 5.97. The Hall–Kier alpha value is -3.15. The van der Waals surface area contributed by atoms with Crippen molar-refractivity contribution in [1.29, 1.82) is 0 Å². The number of carbonyl (C=O) groups excluding carboxylic acids is 2. The second kappa shape index (κ2) is 7.17. The van der Waals surface area contributed by atoms with Gasteiger partial charge in [0.1, 0.15) is 11.9 Å². The van der Waals surface area contributed by atoms with Gasteiger partial charge in [-0.25, -0.2) is 9.18 Å². The number of aromatic amines is 1. The maximum atomic E-state index is 13.3. The molecule has 0 spiro atoms. The van der Waals surface area contributed by atoms with Crippen LogP contribution in [0.2, 0.25) is 0 Å². The van der Waals surface area contributed by atoms with E-state index in [1.807, 2.05) is 24.3 Å². The average molecular weight is 340 g/mol. The van der Waals surface area contributed by atoms with Gasteiger partial charge in [0, 0.05) is 29.1 Å². The van der Waals surface area contributed by atoms with E-state index in [4.69, 9.17) is 4.74 Å². The molecule has 0 aliphatic carbocycles. The molecule has 2 aromatic carbocycles. The van der Waals surface area contributed by atoms with E-state index in [1.165, 1.54) is 25.3 Å². The predicted octanol–water partition coefficient (Wildman–Crippen LogP) is 2.82. The van der Waals surface area contributed by atoms with Gasteiger partial charge in [-0.2, -0.15) is 0 Å². The van der Waals surface area contributed by atoms with Crippen molar-refractivity contribution < 1.29 is 18.7 Å². The summed E-state index contributed by atoms with van der Waals surface area (Å²) in [5.41, 5.74) is 1.97. The van der Waals surface area contributed by atoms with E-state index in [2.05, 4.69) is 10.3 Å². The van der Waals surface area contributed by atoms with Crippen LogP contribution in [-0.4, -0.2) is 30.0 Å². The lowest BCUT2D eigenvalue weighted by Gasteiger charge is -2.16. The van der Waals surface area contributed by atoms with Crippen LogP contribution < -0.4 is 5.32 Å². The number of para-hydroxylation sites is 1. The molecule has 6 heteroatoms. The largest absolute Gasteiger partial charge is 0.467 e. The summed E-state index contributed by atoms with van der Waals surface area (Å²) in [4.78, 5) is 27.5. The first kappa shape index (κ1) is 16.7. The van der Waals surface area contributed by atoms with E-state index >= 15 is 0 Å². The molecular weight excluding hydrogens is 323 g/mol. The minimum atomic E-state index is -0.875. The van der Waals surface area contributed by atoms with Gasteiger partial charge < -0.3 is 15.0 Å². The van der Waals surface area contributed by atoms with Gasteiger partial charge >= 0.3 is 5.97 Å². The molecule has 1 unspecified atom stereocenters. The molecule has 2 N–H and O–H groups in total. The number of hydrogen-bond acceptors (Lipinski definition) is 3. The van der Waals surface area contributed by atoms with E-state index in [0.717, 1.165) is 22.5 Å². The Morgan fingerprint density at radius 1 is 1.20 bits per heavy atom. The smallest absolute Gasteiger partial charge is 0.328 e. The van der Waals surface area contributed by atoms with Crippen molar-refractivity contribution in [2.24, 2.45) is 0 Å². The third-order valence-electron chi connectivity index (χ3n) is 3.98. The molecule has 1 aromatic heterocycles. The summed E-state index contributed by atoms with van der Waals surface area (Å²) in [6.45, 7) is 0. The highest BCUT2D eigenvalue weighted by atomic mass is 19.1. The molecule has 1 heterocycles. The molecule has 0 saturated carbocycles. The number of ether oxygens (including phenoxy) is 1. The maximum absolute atomic E-state index is 13.3. The number of fused-ring (bicyclic) bond motifs is 1. The lowest BCUT2D eigenvalue weighted by molar-refractivity contribution is -0.142. The molecule has 1 atom stereocenters. The summed E-state index contributed by atoms with van der Waals surface area (Å²) in [7, 11) is 1.26. The van der Waals surface area contributed by atoms with E-state index < -0.39 is 23.7 Å². The van der Waals surface area contributed by atoms with Crippen molar-refractivity contribution in [3.8, 4) is 0 Å². The fourth-order valence-electron chi connectivity index (χ4n) is 2.73. The number of hydrogen-bond donors (Lipinski definition) is 2. The summed E-state index contributed by atoms with van der Waals surface area (Å²) in [6, 6.07) is 12.1. The number of rotatable bonds is 5. The number of benzene rings is 2. The van der Waals surface area contributed by atoms with E-state index in [9.17, 15) is 14.0 Å². The predicted molar refractivity (Wildman–Crippen MR) is 91.7 cm³/mol. The maximum Gasteiger partial charge on any atom is 0.328 e. The molecule has 0 saturated heterocycles. The van der Waals surface area contributed by atoms with E-state index in [-0.39, 0.29) is 12.0 Å². The summed E-state index contributed by atoms with van der Waals surface area (Å²) in [5.74, 6) is -1.61. The normalized spacial score (nSPS) is 11.9. The summed E-state index contributed by atoms with van der Waals surface area (Å²) < 4.78 is 18.1. The van der Waals surface area contributed by atoms with Crippen LogP contribution in [0.4, 0.5) is 4.39 Å².